The zero-order chi connectivity index (χ0) is 13.8. The van der Waals surface area contributed by atoms with Crippen LogP contribution in [0.25, 0.3) is 0 Å². The van der Waals surface area contributed by atoms with Crippen molar-refractivity contribution < 1.29 is 0 Å². The first-order valence-corrected chi connectivity index (χ1v) is 6.43. The molecule has 0 amide bonds. The van der Waals surface area contributed by atoms with Gasteiger partial charge in [-0.15, -0.1) is 0 Å². The van der Waals surface area contributed by atoms with Crippen molar-refractivity contribution in [3.05, 3.63) is 48.7 Å². The first-order valence-electron chi connectivity index (χ1n) is 6.43. The molecule has 0 aliphatic rings. The van der Waals surface area contributed by atoms with Crippen molar-refractivity contribution in [1.82, 2.24) is 10.6 Å². The molecule has 0 aliphatic carbocycles. The van der Waals surface area contributed by atoms with Gasteiger partial charge in [-0.1, -0.05) is 37.5 Å². The monoisotopic (exact) mass is 249 g/mol. The maximum atomic E-state index is 5.53. The third kappa shape index (κ3) is 7.09. The topological polar surface area (TPSA) is 50.1 Å². The second kappa shape index (κ2) is 10.8. The van der Waals surface area contributed by atoms with E-state index in [2.05, 4.69) is 29.9 Å². The molecule has 0 spiro atoms. The lowest BCUT2D eigenvalue weighted by Gasteiger charge is -2.20. The van der Waals surface area contributed by atoms with E-state index in [1.54, 1.807) is 6.08 Å². The highest BCUT2D eigenvalue weighted by molar-refractivity contribution is 5.25. The second-order valence-corrected chi connectivity index (χ2v) is 4.13. The lowest BCUT2D eigenvalue weighted by molar-refractivity contribution is 0.539. The van der Waals surface area contributed by atoms with Gasteiger partial charge < -0.3 is 16.4 Å². The minimum absolute atomic E-state index is 0.268. The zero-order valence-electron chi connectivity index (χ0n) is 11.7. The van der Waals surface area contributed by atoms with Crippen LogP contribution < -0.4 is 16.4 Å². The van der Waals surface area contributed by atoms with Crippen LogP contribution in [0.4, 0.5) is 0 Å². The number of likely N-dealkylation sites (N-methyl/N-ethyl adjacent to an activating group) is 1. The normalized spacial score (nSPS) is 13.6. The Kier molecular flexibility index (Phi) is 10.0. The second-order valence-electron chi connectivity index (χ2n) is 4.13. The van der Waals surface area contributed by atoms with Crippen molar-refractivity contribution in [2.24, 2.45) is 5.73 Å². The fourth-order valence-corrected chi connectivity index (χ4v) is 1.69. The standard InChI is InChI=1S/C15H27N3/c1-5-8-14(9-6-2)12-18-13(3)15(17-4)10-7-11-16/h5-6,8-9,15,17-18H,1,3,7,10-12,16H2,2,4H3/b9-6-,14-8+. The fraction of sp³-hybridized carbons (Fsp3) is 0.467. The largest absolute Gasteiger partial charge is 0.383 e. The smallest absolute Gasteiger partial charge is 0.0461 e. The summed E-state index contributed by atoms with van der Waals surface area (Å²) in [4.78, 5) is 0. The Morgan fingerprint density at radius 3 is 2.67 bits per heavy atom. The van der Waals surface area contributed by atoms with Gasteiger partial charge in [0.1, 0.15) is 0 Å². The molecule has 0 fully saturated rings. The van der Waals surface area contributed by atoms with Crippen LogP contribution in [-0.2, 0) is 0 Å². The van der Waals surface area contributed by atoms with Gasteiger partial charge in [0, 0.05) is 18.3 Å². The predicted octanol–water partition coefficient (Wildman–Crippen LogP) is 2.11. The van der Waals surface area contributed by atoms with Gasteiger partial charge >= 0.3 is 0 Å². The van der Waals surface area contributed by atoms with Crippen molar-refractivity contribution in [3.8, 4) is 0 Å². The van der Waals surface area contributed by atoms with Crippen LogP contribution in [0.15, 0.2) is 48.7 Å². The Balaban J connectivity index is 4.28. The number of hydrogen-bond acceptors (Lipinski definition) is 3. The summed E-state index contributed by atoms with van der Waals surface area (Å²) in [5.41, 5.74) is 7.71. The highest BCUT2D eigenvalue weighted by atomic mass is 15.0. The van der Waals surface area contributed by atoms with E-state index in [1.165, 1.54) is 5.57 Å². The number of nitrogens with two attached hydrogens (primary N) is 1. The molecule has 0 aromatic rings. The zero-order valence-corrected chi connectivity index (χ0v) is 11.7. The van der Waals surface area contributed by atoms with E-state index >= 15 is 0 Å². The SMILES string of the molecule is C=C/C=C(\C=C/C)CNC(=C)C(CCCN)NC. The molecule has 0 aromatic heterocycles. The summed E-state index contributed by atoms with van der Waals surface area (Å²) in [6.07, 6.45) is 9.87. The van der Waals surface area contributed by atoms with Gasteiger partial charge in [-0.25, -0.2) is 0 Å². The van der Waals surface area contributed by atoms with Crippen molar-refractivity contribution in [2.45, 2.75) is 25.8 Å². The Morgan fingerprint density at radius 1 is 1.44 bits per heavy atom. The third-order valence-corrected chi connectivity index (χ3v) is 2.70. The van der Waals surface area contributed by atoms with Gasteiger partial charge in [0.05, 0.1) is 0 Å². The van der Waals surface area contributed by atoms with Crippen molar-refractivity contribution in [3.63, 3.8) is 0 Å². The van der Waals surface area contributed by atoms with Crippen molar-refractivity contribution >= 4 is 0 Å². The Morgan fingerprint density at radius 2 is 2.17 bits per heavy atom. The van der Waals surface area contributed by atoms with Crippen LogP contribution in [0, 0.1) is 0 Å². The molecule has 0 bridgehead atoms. The minimum Gasteiger partial charge on any atom is -0.383 e. The van der Waals surface area contributed by atoms with Crippen LogP contribution in [0.3, 0.4) is 0 Å². The highest BCUT2D eigenvalue weighted by Crippen LogP contribution is 2.05. The lowest BCUT2D eigenvalue weighted by Crippen LogP contribution is -2.34. The van der Waals surface area contributed by atoms with Crippen LogP contribution in [-0.4, -0.2) is 26.2 Å². The van der Waals surface area contributed by atoms with Gasteiger partial charge in [0.25, 0.3) is 0 Å². The van der Waals surface area contributed by atoms with Crippen LogP contribution in [0.1, 0.15) is 19.8 Å². The number of hydrogen-bond donors (Lipinski definition) is 3. The lowest BCUT2D eigenvalue weighted by atomic mass is 10.1. The van der Waals surface area contributed by atoms with E-state index in [9.17, 15) is 0 Å². The van der Waals surface area contributed by atoms with Gasteiger partial charge in [0.2, 0.25) is 0 Å². The van der Waals surface area contributed by atoms with E-state index in [1.807, 2.05) is 26.1 Å². The quantitative estimate of drug-likeness (QED) is 0.520. The maximum Gasteiger partial charge on any atom is 0.0461 e. The number of allylic oxidation sites excluding steroid dienone is 3. The summed E-state index contributed by atoms with van der Waals surface area (Å²) in [7, 11) is 1.94. The van der Waals surface area contributed by atoms with E-state index < -0.39 is 0 Å². The van der Waals surface area contributed by atoms with E-state index in [4.69, 9.17) is 5.73 Å². The molecule has 102 valence electrons. The fourth-order valence-electron chi connectivity index (χ4n) is 1.69. The average Bonchev–Trinajstić information content (AvgIpc) is 2.37. The molecule has 0 rings (SSSR count). The predicted molar refractivity (Wildman–Crippen MR) is 81.4 cm³/mol. The van der Waals surface area contributed by atoms with Gasteiger partial charge in [-0.2, -0.15) is 0 Å². The van der Waals surface area contributed by atoms with Crippen LogP contribution >= 0.6 is 0 Å². The van der Waals surface area contributed by atoms with Crippen molar-refractivity contribution in [2.75, 3.05) is 20.1 Å². The first kappa shape index (κ1) is 16.7. The molecule has 18 heavy (non-hydrogen) atoms. The average molecular weight is 249 g/mol. The Hall–Kier alpha value is -1.32. The molecule has 0 aliphatic heterocycles. The first-order chi connectivity index (χ1) is 8.69. The van der Waals surface area contributed by atoms with E-state index in [0.29, 0.717) is 6.54 Å². The van der Waals surface area contributed by atoms with Crippen LogP contribution in [0.5, 0.6) is 0 Å². The van der Waals surface area contributed by atoms with Gasteiger partial charge in [-0.3, -0.25) is 0 Å². The highest BCUT2D eigenvalue weighted by Gasteiger charge is 2.09. The van der Waals surface area contributed by atoms with Crippen molar-refractivity contribution in [1.29, 1.82) is 0 Å². The van der Waals surface area contributed by atoms with Gasteiger partial charge in [-0.05, 0) is 38.9 Å². The van der Waals surface area contributed by atoms with E-state index in [-0.39, 0.29) is 6.04 Å². The molecule has 3 nitrogen and oxygen atoms in total. The molecule has 4 N–H and O–H groups in total. The molecule has 3 heteroatoms. The molecule has 1 atom stereocenters. The Bertz CT molecular complexity index is 303. The summed E-state index contributed by atoms with van der Waals surface area (Å²) in [5, 5.41) is 6.60. The molecule has 0 heterocycles. The summed E-state index contributed by atoms with van der Waals surface area (Å²) < 4.78 is 0. The molecule has 0 saturated carbocycles. The molecule has 0 radical (unpaired) electrons. The maximum absolute atomic E-state index is 5.53. The molecular weight excluding hydrogens is 222 g/mol. The number of nitrogens with one attached hydrogen (secondary N) is 2. The Labute approximate surface area is 112 Å². The molecule has 0 aromatic carbocycles. The molecular formula is C15H27N3. The summed E-state index contributed by atoms with van der Waals surface area (Å²) in [6.45, 7) is 11.3. The molecule has 1 unspecified atom stereocenters. The minimum atomic E-state index is 0.268. The van der Waals surface area contributed by atoms with E-state index in [0.717, 1.165) is 25.1 Å². The third-order valence-electron chi connectivity index (χ3n) is 2.70. The van der Waals surface area contributed by atoms with Gasteiger partial charge in [0.15, 0.2) is 0 Å². The summed E-state index contributed by atoms with van der Waals surface area (Å²) >= 11 is 0. The summed E-state index contributed by atoms with van der Waals surface area (Å²) in [5.74, 6) is 0. The summed E-state index contributed by atoms with van der Waals surface area (Å²) in [6, 6.07) is 0.268. The molecule has 0 saturated heterocycles. The number of rotatable bonds is 10. The van der Waals surface area contributed by atoms with Crippen LogP contribution in [0.2, 0.25) is 0 Å².